The lowest BCUT2D eigenvalue weighted by atomic mass is 10.1. The summed E-state index contributed by atoms with van der Waals surface area (Å²) in [6.45, 7) is 3.56. The fraction of sp³-hybridized carbons (Fsp3) is 0.300. The van der Waals surface area contributed by atoms with Crippen molar-refractivity contribution in [2.45, 2.75) is 19.6 Å². The molecular weight excluding hydrogens is 330 g/mol. The van der Waals surface area contributed by atoms with Crippen molar-refractivity contribution < 1.29 is 14.3 Å². The molecule has 26 heavy (non-hydrogen) atoms. The maximum absolute atomic E-state index is 12.6. The summed E-state index contributed by atoms with van der Waals surface area (Å²) >= 11 is 0. The SMILES string of the molecule is COc1ccccc1C(=O)NCC1COCc2nc3ccc(C)cc3n21. The van der Waals surface area contributed by atoms with Gasteiger partial charge < -0.3 is 19.4 Å². The number of para-hydroxylation sites is 1. The number of aromatic nitrogens is 2. The summed E-state index contributed by atoms with van der Waals surface area (Å²) in [6.07, 6.45) is 0. The van der Waals surface area contributed by atoms with Crippen molar-refractivity contribution in [2.75, 3.05) is 20.3 Å². The second kappa shape index (κ2) is 6.80. The lowest BCUT2D eigenvalue weighted by molar-refractivity contribution is 0.0553. The largest absolute Gasteiger partial charge is 0.496 e. The smallest absolute Gasteiger partial charge is 0.255 e. The Kier molecular flexibility index (Phi) is 4.34. The highest BCUT2D eigenvalue weighted by Gasteiger charge is 2.25. The molecule has 1 atom stereocenters. The van der Waals surface area contributed by atoms with Gasteiger partial charge in [-0.2, -0.15) is 0 Å². The first kappa shape index (κ1) is 16.6. The number of carbonyl (C=O) groups excluding carboxylic acids is 1. The molecule has 0 spiro atoms. The second-order valence-electron chi connectivity index (χ2n) is 6.47. The van der Waals surface area contributed by atoms with Gasteiger partial charge in [0, 0.05) is 6.54 Å². The number of benzene rings is 2. The molecule has 1 aliphatic rings. The number of nitrogens with one attached hydrogen (secondary N) is 1. The number of aryl methyl sites for hydroxylation is 1. The third kappa shape index (κ3) is 2.93. The number of carbonyl (C=O) groups is 1. The Balaban J connectivity index is 1.58. The molecule has 2 aromatic carbocycles. The first-order chi connectivity index (χ1) is 12.7. The molecule has 1 N–H and O–H groups in total. The third-order valence-corrected chi connectivity index (χ3v) is 4.67. The average molecular weight is 351 g/mol. The number of rotatable bonds is 4. The zero-order valence-corrected chi connectivity index (χ0v) is 14.9. The summed E-state index contributed by atoms with van der Waals surface area (Å²) in [5, 5.41) is 3.01. The summed E-state index contributed by atoms with van der Waals surface area (Å²) in [5.74, 6) is 1.30. The molecule has 1 aromatic heterocycles. The molecule has 0 saturated heterocycles. The number of hydrogen-bond acceptors (Lipinski definition) is 4. The summed E-state index contributed by atoms with van der Waals surface area (Å²) in [5.41, 5.74) is 3.75. The molecule has 4 rings (SSSR count). The van der Waals surface area contributed by atoms with Crippen LogP contribution in [0.25, 0.3) is 11.0 Å². The van der Waals surface area contributed by atoms with Crippen LogP contribution >= 0.6 is 0 Å². The van der Waals surface area contributed by atoms with E-state index >= 15 is 0 Å². The Labute approximate surface area is 151 Å². The molecular formula is C20H21N3O3. The molecule has 1 amide bonds. The number of methoxy groups -OCH3 is 1. The molecule has 0 aliphatic carbocycles. The normalized spacial score (nSPS) is 16.3. The number of nitrogens with zero attached hydrogens (tertiary/aromatic N) is 2. The van der Waals surface area contributed by atoms with E-state index < -0.39 is 0 Å². The van der Waals surface area contributed by atoms with Crippen LogP contribution in [0.3, 0.4) is 0 Å². The second-order valence-corrected chi connectivity index (χ2v) is 6.47. The summed E-state index contributed by atoms with van der Waals surface area (Å²) in [4.78, 5) is 17.2. The Morgan fingerprint density at radius 1 is 1.35 bits per heavy atom. The van der Waals surface area contributed by atoms with E-state index in [0.29, 0.717) is 31.1 Å². The van der Waals surface area contributed by atoms with E-state index in [1.807, 2.05) is 18.2 Å². The minimum atomic E-state index is -0.157. The molecule has 0 saturated carbocycles. The Bertz CT molecular complexity index is 964. The zero-order chi connectivity index (χ0) is 18.1. The first-order valence-electron chi connectivity index (χ1n) is 8.64. The minimum absolute atomic E-state index is 0.00390. The van der Waals surface area contributed by atoms with Crippen LogP contribution in [0.5, 0.6) is 5.75 Å². The van der Waals surface area contributed by atoms with Crippen molar-refractivity contribution in [1.29, 1.82) is 0 Å². The van der Waals surface area contributed by atoms with Crippen LogP contribution in [0.2, 0.25) is 0 Å². The zero-order valence-electron chi connectivity index (χ0n) is 14.9. The standard InChI is InChI=1S/C20H21N3O3/c1-13-7-8-16-17(9-13)23-14(11-26-12-19(23)22-16)10-21-20(24)15-5-3-4-6-18(15)25-2/h3-9,14H,10-12H2,1-2H3,(H,21,24). The van der Waals surface area contributed by atoms with E-state index in [9.17, 15) is 4.79 Å². The highest BCUT2D eigenvalue weighted by atomic mass is 16.5. The monoisotopic (exact) mass is 351 g/mol. The van der Waals surface area contributed by atoms with Crippen molar-refractivity contribution in [2.24, 2.45) is 0 Å². The fourth-order valence-electron chi connectivity index (χ4n) is 3.41. The van der Waals surface area contributed by atoms with Crippen LogP contribution in [0.4, 0.5) is 0 Å². The van der Waals surface area contributed by atoms with Gasteiger partial charge in [-0.1, -0.05) is 18.2 Å². The number of hydrogen-bond donors (Lipinski definition) is 1. The number of ether oxygens (including phenoxy) is 2. The van der Waals surface area contributed by atoms with Gasteiger partial charge in [0.2, 0.25) is 0 Å². The maximum atomic E-state index is 12.6. The average Bonchev–Trinajstić information content (AvgIpc) is 3.04. The Morgan fingerprint density at radius 3 is 3.04 bits per heavy atom. The van der Waals surface area contributed by atoms with Gasteiger partial charge in [0.05, 0.1) is 36.4 Å². The van der Waals surface area contributed by atoms with E-state index in [4.69, 9.17) is 9.47 Å². The maximum Gasteiger partial charge on any atom is 0.255 e. The molecule has 0 fully saturated rings. The van der Waals surface area contributed by atoms with Gasteiger partial charge in [0.15, 0.2) is 0 Å². The molecule has 6 nitrogen and oxygen atoms in total. The van der Waals surface area contributed by atoms with Gasteiger partial charge in [-0.3, -0.25) is 4.79 Å². The van der Waals surface area contributed by atoms with Crippen molar-refractivity contribution in [1.82, 2.24) is 14.9 Å². The van der Waals surface area contributed by atoms with Gasteiger partial charge in [0.1, 0.15) is 18.2 Å². The van der Waals surface area contributed by atoms with Crippen molar-refractivity contribution in [3.8, 4) is 5.75 Å². The molecule has 134 valence electrons. The highest BCUT2D eigenvalue weighted by molar-refractivity contribution is 5.96. The quantitative estimate of drug-likeness (QED) is 0.785. The van der Waals surface area contributed by atoms with Crippen molar-refractivity contribution in [3.05, 3.63) is 59.4 Å². The molecule has 0 radical (unpaired) electrons. The number of imidazole rings is 1. The van der Waals surface area contributed by atoms with Crippen molar-refractivity contribution >= 4 is 16.9 Å². The fourth-order valence-corrected chi connectivity index (χ4v) is 3.41. The lowest BCUT2D eigenvalue weighted by Gasteiger charge is -2.26. The predicted molar refractivity (Wildman–Crippen MR) is 98.5 cm³/mol. The first-order valence-corrected chi connectivity index (χ1v) is 8.64. The topological polar surface area (TPSA) is 65.4 Å². The molecule has 3 aromatic rings. The molecule has 1 unspecified atom stereocenters. The molecule has 6 heteroatoms. The molecule has 2 heterocycles. The number of fused-ring (bicyclic) bond motifs is 3. The van der Waals surface area contributed by atoms with Gasteiger partial charge in [-0.05, 0) is 36.8 Å². The van der Waals surface area contributed by atoms with E-state index in [-0.39, 0.29) is 11.9 Å². The Hall–Kier alpha value is -2.86. The van der Waals surface area contributed by atoms with Gasteiger partial charge >= 0.3 is 0 Å². The van der Waals surface area contributed by atoms with Crippen LogP contribution in [0.15, 0.2) is 42.5 Å². The predicted octanol–water partition coefficient (Wildman–Crippen LogP) is 2.85. The molecule has 1 aliphatic heterocycles. The van der Waals surface area contributed by atoms with Crippen LogP contribution in [0, 0.1) is 6.92 Å². The van der Waals surface area contributed by atoms with E-state index in [0.717, 1.165) is 16.9 Å². The summed E-state index contributed by atoms with van der Waals surface area (Å²) < 4.78 is 13.2. The van der Waals surface area contributed by atoms with E-state index in [2.05, 4.69) is 33.9 Å². The van der Waals surface area contributed by atoms with Gasteiger partial charge in [0.25, 0.3) is 5.91 Å². The van der Waals surface area contributed by atoms with Gasteiger partial charge in [-0.15, -0.1) is 0 Å². The molecule has 0 bridgehead atoms. The van der Waals surface area contributed by atoms with Crippen molar-refractivity contribution in [3.63, 3.8) is 0 Å². The summed E-state index contributed by atoms with van der Waals surface area (Å²) in [6, 6.07) is 13.4. The third-order valence-electron chi connectivity index (χ3n) is 4.67. The van der Waals surface area contributed by atoms with Crippen LogP contribution in [-0.2, 0) is 11.3 Å². The summed E-state index contributed by atoms with van der Waals surface area (Å²) in [7, 11) is 1.56. The van der Waals surface area contributed by atoms with E-state index in [1.54, 1.807) is 19.2 Å². The van der Waals surface area contributed by atoms with Crippen LogP contribution in [-0.4, -0.2) is 35.7 Å². The van der Waals surface area contributed by atoms with Gasteiger partial charge in [-0.25, -0.2) is 4.98 Å². The van der Waals surface area contributed by atoms with Crippen LogP contribution in [0.1, 0.15) is 27.8 Å². The highest BCUT2D eigenvalue weighted by Crippen LogP contribution is 2.26. The lowest BCUT2D eigenvalue weighted by Crippen LogP contribution is -2.35. The number of amides is 1. The van der Waals surface area contributed by atoms with E-state index in [1.165, 1.54) is 5.56 Å². The minimum Gasteiger partial charge on any atom is -0.496 e. The van der Waals surface area contributed by atoms with Crippen LogP contribution < -0.4 is 10.1 Å². The Morgan fingerprint density at radius 2 is 2.19 bits per heavy atom.